The van der Waals surface area contributed by atoms with Gasteiger partial charge in [-0.1, -0.05) is 36.4 Å². The van der Waals surface area contributed by atoms with E-state index in [0.717, 1.165) is 21.9 Å². The van der Waals surface area contributed by atoms with Crippen molar-refractivity contribution in [2.45, 2.75) is 13.1 Å². The zero-order valence-corrected chi connectivity index (χ0v) is 16.2. The molecule has 0 spiro atoms. The van der Waals surface area contributed by atoms with Gasteiger partial charge >= 0.3 is 0 Å². The molecule has 0 fully saturated rings. The normalized spacial score (nSPS) is 10.5. The molecular formula is C24H20N4O2. The van der Waals surface area contributed by atoms with Gasteiger partial charge in [0.05, 0.1) is 0 Å². The minimum atomic E-state index is -0.197. The molecule has 0 bridgehead atoms. The standard InChI is InChI=1S/C24H20N4O2/c29-23(27-15-17-5-3-11-25-13-17)21-9-10-22(20-8-2-1-7-19(20)21)24(30)28-16-18-6-4-12-26-14-18/h1-14H,15-16H2,(H,27,29)(H,28,30). The van der Waals surface area contributed by atoms with E-state index in [0.29, 0.717) is 24.2 Å². The number of rotatable bonds is 6. The molecule has 0 unspecified atom stereocenters. The van der Waals surface area contributed by atoms with Crippen LogP contribution in [0.1, 0.15) is 31.8 Å². The summed E-state index contributed by atoms with van der Waals surface area (Å²) < 4.78 is 0. The highest BCUT2D eigenvalue weighted by Gasteiger charge is 2.16. The monoisotopic (exact) mass is 396 g/mol. The fraction of sp³-hybridized carbons (Fsp3) is 0.0833. The number of benzene rings is 2. The molecule has 30 heavy (non-hydrogen) atoms. The van der Waals surface area contributed by atoms with Crippen molar-refractivity contribution >= 4 is 22.6 Å². The predicted octanol–water partition coefficient (Wildman–Crippen LogP) is 3.49. The molecule has 0 atom stereocenters. The van der Waals surface area contributed by atoms with Crippen molar-refractivity contribution < 1.29 is 9.59 Å². The van der Waals surface area contributed by atoms with E-state index in [4.69, 9.17) is 0 Å². The molecule has 2 aromatic heterocycles. The maximum absolute atomic E-state index is 12.8. The molecule has 6 heteroatoms. The number of nitrogens with zero attached hydrogens (tertiary/aromatic N) is 2. The Morgan fingerprint density at radius 1 is 0.633 bits per heavy atom. The predicted molar refractivity (Wildman–Crippen MR) is 115 cm³/mol. The van der Waals surface area contributed by atoms with Gasteiger partial charge in [0.1, 0.15) is 0 Å². The number of fused-ring (bicyclic) bond motifs is 1. The van der Waals surface area contributed by atoms with E-state index in [1.807, 2.05) is 48.5 Å². The van der Waals surface area contributed by atoms with Crippen LogP contribution in [0.2, 0.25) is 0 Å². The smallest absolute Gasteiger partial charge is 0.252 e. The average molecular weight is 396 g/mol. The van der Waals surface area contributed by atoms with Crippen LogP contribution in [0, 0.1) is 0 Å². The number of pyridine rings is 2. The molecule has 148 valence electrons. The lowest BCUT2D eigenvalue weighted by atomic mass is 9.98. The third-order valence-corrected chi connectivity index (χ3v) is 4.77. The maximum atomic E-state index is 12.8. The van der Waals surface area contributed by atoms with Gasteiger partial charge in [0.25, 0.3) is 11.8 Å². The average Bonchev–Trinajstić information content (AvgIpc) is 2.81. The molecule has 6 nitrogen and oxygen atoms in total. The number of carbonyl (C=O) groups excluding carboxylic acids is 2. The quantitative estimate of drug-likeness (QED) is 0.523. The lowest BCUT2D eigenvalue weighted by molar-refractivity contribution is 0.0941. The summed E-state index contributed by atoms with van der Waals surface area (Å²) >= 11 is 0. The Hall–Kier alpha value is -4.06. The first-order valence-electron chi connectivity index (χ1n) is 9.58. The second-order valence-corrected chi connectivity index (χ2v) is 6.79. The number of amides is 2. The molecule has 0 aliphatic heterocycles. The van der Waals surface area contributed by atoms with Gasteiger partial charge in [-0.25, -0.2) is 0 Å². The van der Waals surface area contributed by atoms with Crippen LogP contribution < -0.4 is 10.6 Å². The first-order valence-corrected chi connectivity index (χ1v) is 9.58. The zero-order valence-electron chi connectivity index (χ0n) is 16.2. The highest BCUT2D eigenvalue weighted by Crippen LogP contribution is 2.23. The molecule has 0 aliphatic carbocycles. The fourth-order valence-corrected chi connectivity index (χ4v) is 3.26. The molecule has 0 saturated heterocycles. The van der Waals surface area contributed by atoms with E-state index in [9.17, 15) is 9.59 Å². The van der Waals surface area contributed by atoms with Crippen molar-refractivity contribution in [1.82, 2.24) is 20.6 Å². The first kappa shape index (κ1) is 19.3. The molecule has 4 rings (SSSR count). The van der Waals surface area contributed by atoms with Crippen molar-refractivity contribution in [3.63, 3.8) is 0 Å². The molecule has 2 heterocycles. The minimum absolute atomic E-state index is 0.197. The second-order valence-electron chi connectivity index (χ2n) is 6.79. The van der Waals surface area contributed by atoms with Gasteiger partial charge < -0.3 is 10.6 Å². The summed E-state index contributed by atoms with van der Waals surface area (Å²) in [5.41, 5.74) is 2.89. The summed E-state index contributed by atoms with van der Waals surface area (Å²) in [5.74, 6) is -0.394. The van der Waals surface area contributed by atoms with Crippen molar-refractivity contribution in [2.75, 3.05) is 0 Å². The number of carbonyl (C=O) groups is 2. The molecule has 0 radical (unpaired) electrons. The minimum Gasteiger partial charge on any atom is -0.348 e. The first-order chi connectivity index (χ1) is 14.7. The van der Waals surface area contributed by atoms with Gasteiger partial charge in [-0.05, 0) is 46.2 Å². The molecule has 0 saturated carbocycles. The molecule has 0 aliphatic rings. The van der Waals surface area contributed by atoms with E-state index < -0.39 is 0 Å². The van der Waals surface area contributed by atoms with Gasteiger partial charge in [0.15, 0.2) is 0 Å². The van der Waals surface area contributed by atoms with Crippen LogP contribution in [0.4, 0.5) is 0 Å². The Bertz CT molecular complexity index is 1080. The van der Waals surface area contributed by atoms with Crippen molar-refractivity contribution in [3.05, 3.63) is 108 Å². The fourth-order valence-electron chi connectivity index (χ4n) is 3.26. The summed E-state index contributed by atoms with van der Waals surface area (Å²) in [6, 6.07) is 18.3. The summed E-state index contributed by atoms with van der Waals surface area (Å²) in [6.45, 7) is 0.767. The largest absolute Gasteiger partial charge is 0.348 e. The number of aromatic nitrogens is 2. The third kappa shape index (κ3) is 4.33. The van der Waals surface area contributed by atoms with Crippen LogP contribution in [-0.4, -0.2) is 21.8 Å². The van der Waals surface area contributed by atoms with Crippen molar-refractivity contribution in [2.24, 2.45) is 0 Å². The third-order valence-electron chi connectivity index (χ3n) is 4.77. The SMILES string of the molecule is O=C(NCc1cccnc1)c1ccc(C(=O)NCc2cccnc2)c2ccccc12. The summed E-state index contributed by atoms with van der Waals surface area (Å²) in [4.78, 5) is 33.7. The molecule has 4 aromatic rings. The second kappa shape index (κ2) is 8.96. The Balaban J connectivity index is 1.55. The lowest BCUT2D eigenvalue weighted by Gasteiger charge is -2.12. The van der Waals surface area contributed by atoms with Crippen LogP contribution in [0.5, 0.6) is 0 Å². The molecule has 2 N–H and O–H groups in total. The van der Waals surface area contributed by atoms with Gasteiger partial charge in [0.2, 0.25) is 0 Å². The van der Waals surface area contributed by atoms with Gasteiger partial charge in [-0.2, -0.15) is 0 Å². The van der Waals surface area contributed by atoms with E-state index in [2.05, 4.69) is 20.6 Å². The zero-order chi connectivity index (χ0) is 20.8. The van der Waals surface area contributed by atoms with Crippen LogP contribution in [0.15, 0.2) is 85.5 Å². The van der Waals surface area contributed by atoms with E-state index in [1.54, 1.807) is 36.9 Å². The number of nitrogens with one attached hydrogen (secondary N) is 2. The van der Waals surface area contributed by atoms with Crippen LogP contribution in [0.3, 0.4) is 0 Å². The summed E-state index contributed by atoms with van der Waals surface area (Å²) in [7, 11) is 0. The highest BCUT2D eigenvalue weighted by molar-refractivity contribution is 6.14. The molecular weight excluding hydrogens is 376 g/mol. The van der Waals surface area contributed by atoms with E-state index in [1.165, 1.54) is 0 Å². The van der Waals surface area contributed by atoms with E-state index >= 15 is 0 Å². The highest BCUT2D eigenvalue weighted by atomic mass is 16.2. The van der Waals surface area contributed by atoms with Gasteiger partial charge in [-0.15, -0.1) is 0 Å². The maximum Gasteiger partial charge on any atom is 0.252 e. The van der Waals surface area contributed by atoms with E-state index in [-0.39, 0.29) is 11.8 Å². The Morgan fingerprint density at radius 2 is 1.10 bits per heavy atom. The topological polar surface area (TPSA) is 84.0 Å². The number of hydrogen-bond acceptors (Lipinski definition) is 4. The lowest BCUT2D eigenvalue weighted by Crippen LogP contribution is -2.25. The summed E-state index contributed by atoms with van der Waals surface area (Å²) in [6.07, 6.45) is 6.82. The van der Waals surface area contributed by atoms with Gasteiger partial charge in [0, 0.05) is 49.0 Å². The Labute approximate surface area is 174 Å². The Kier molecular flexibility index (Phi) is 5.75. The number of hydrogen-bond donors (Lipinski definition) is 2. The molecule has 2 amide bonds. The summed E-state index contributed by atoms with van der Waals surface area (Å²) in [5, 5.41) is 7.30. The van der Waals surface area contributed by atoms with Crippen LogP contribution in [-0.2, 0) is 13.1 Å². The van der Waals surface area contributed by atoms with Crippen molar-refractivity contribution in [3.8, 4) is 0 Å². The Morgan fingerprint density at radius 3 is 1.50 bits per heavy atom. The van der Waals surface area contributed by atoms with Gasteiger partial charge in [-0.3, -0.25) is 19.6 Å². The van der Waals surface area contributed by atoms with Crippen LogP contribution >= 0.6 is 0 Å². The van der Waals surface area contributed by atoms with Crippen molar-refractivity contribution in [1.29, 1.82) is 0 Å². The molecule has 2 aromatic carbocycles. The van der Waals surface area contributed by atoms with Crippen LogP contribution in [0.25, 0.3) is 10.8 Å².